The van der Waals surface area contributed by atoms with Gasteiger partial charge in [-0.05, 0) is 66.9 Å². The molecule has 6 N–H and O–H groups in total. The molecule has 188 valence electrons. The second kappa shape index (κ2) is 11.6. The molecule has 0 aliphatic rings. The van der Waals surface area contributed by atoms with E-state index in [9.17, 15) is 8.78 Å². The molecule has 4 aromatic rings. The van der Waals surface area contributed by atoms with Crippen molar-refractivity contribution in [2.45, 2.75) is 25.8 Å². The molecule has 7 nitrogen and oxygen atoms in total. The number of fused-ring (bicyclic) bond motifs is 1. The number of anilines is 1. The van der Waals surface area contributed by atoms with Crippen molar-refractivity contribution in [3.63, 3.8) is 0 Å². The van der Waals surface area contributed by atoms with E-state index in [1.165, 1.54) is 24.3 Å². The Labute approximate surface area is 209 Å². The van der Waals surface area contributed by atoms with Gasteiger partial charge in [0.15, 0.2) is 0 Å². The Hall–Kier alpha value is -4.08. The lowest BCUT2D eigenvalue weighted by molar-refractivity contribution is 0.0174. The minimum Gasteiger partial charge on any atom is -0.438 e. The molecule has 2 aromatic heterocycles. The number of ether oxygens (including phenoxy) is 1. The van der Waals surface area contributed by atoms with Crippen molar-refractivity contribution in [3.8, 4) is 11.6 Å². The third-order valence-electron chi connectivity index (χ3n) is 5.35. The van der Waals surface area contributed by atoms with Crippen LogP contribution in [0.4, 0.5) is 14.6 Å². The fourth-order valence-corrected chi connectivity index (χ4v) is 3.48. The number of hydrazine groups is 1. The molecule has 0 aliphatic carbocycles. The molecule has 4 rings (SSSR count). The van der Waals surface area contributed by atoms with Crippen LogP contribution < -0.4 is 27.1 Å². The summed E-state index contributed by atoms with van der Waals surface area (Å²) in [5.41, 5.74) is 10.4. The van der Waals surface area contributed by atoms with Crippen LogP contribution in [-0.4, -0.2) is 17.0 Å². The van der Waals surface area contributed by atoms with Crippen LogP contribution in [0.1, 0.15) is 36.6 Å². The number of rotatable bonds is 7. The van der Waals surface area contributed by atoms with Gasteiger partial charge >= 0.3 is 0 Å². The van der Waals surface area contributed by atoms with Crippen molar-refractivity contribution in [3.05, 3.63) is 96.3 Å². The van der Waals surface area contributed by atoms with Crippen LogP contribution in [0.3, 0.4) is 0 Å². The van der Waals surface area contributed by atoms with Gasteiger partial charge in [-0.25, -0.2) is 18.7 Å². The van der Waals surface area contributed by atoms with E-state index >= 15 is 0 Å². The molecule has 1 atom stereocenters. The van der Waals surface area contributed by atoms with E-state index in [1.807, 2.05) is 43.3 Å². The Bertz CT molecular complexity index is 1300. The summed E-state index contributed by atoms with van der Waals surface area (Å²) >= 11 is 0. The largest absolute Gasteiger partial charge is 0.438 e. The number of aromatic nitrogens is 2. The molecule has 0 fully saturated rings. The highest BCUT2D eigenvalue weighted by atomic mass is 19.3. The average Bonchev–Trinajstić information content (AvgIpc) is 2.84. The first-order valence-electron chi connectivity index (χ1n) is 11.2. The number of benzene rings is 2. The fourth-order valence-electron chi connectivity index (χ4n) is 3.48. The zero-order valence-corrected chi connectivity index (χ0v) is 20.4. The van der Waals surface area contributed by atoms with E-state index < -0.39 is 5.92 Å². The fraction of sp³-hybridized carbons (Fsp3) is 0.185. The topological polar surface area (TPSA) is 111 Å². The van der Waals surface area contributed by atoms with Crippen LogP contribution in [-0.2, 0) is 5.92 Å². The van der Waals surface area contributed by atoms with Crippen LogP contribution in [0.2, 0.25) is 0 Å². The van der Waals surface area contributed by atoms with Crippen molar-refractivity contribution in [2.24, 2.45) is 11.6 Å². The normalized spacial score (nSPS) is 11.8. The van der Waals surface area contributed by atoms with Gasteiger partial charge in [0.2, 0.25) is 5.88 Å². The number of pyridine rings is 2. The van der Waals surface area contributed by atoms with Gasteiger partial charge in [0.25, 0.3) is 5.92 Å². The maximum atomic E-state index is 13.5. The Balaban J connectivity index is 0.00000115. The van der Waals surface area contributed by atoms with Crippen LogP contribution in [0.25, 0.3) is 16.5 Å². The van der Waals surface area contributed by atoms with Crippen molar-refractivity contribution >= 4 is 22.3 Å². The summed E-state index contributed by atoms with van der Waals surface area (Å²) < 4.78 is 33.0. The SMILES string of the molecule is C=C(N)c1ccc(C(C)Nc2nccc3ccnc(Oc4ccc(C(C)(F)F)cc4)c23)cc1.CNN. The molecular formula is C27H30F2N6O. The summed E-state index contributed by atoms with van der Waals surface area (Å²) in [6.07, 6.45) is 3.35. The maximum Gasteiger partial charge on any atom is 0.270 e. The Morgan fingerprint density at radius 2 is 1.58 bits per heavy atom. The molecule has 2 aromatic carbocycles. The van der Waals surface area contributed by atoms with Crippen molar-refractivity contribution in [2.75, 3.05) is 12.4 Å². The van der Waals surface area contributed by atoms with Crippen molar-refractivity contribution < 1.29 is 13.5 Å². The molecule has 36 heavy (non-hydrogen) atoms. The highest BCUT2D eigenvalue weighted by Gasteiger charge is 2.24. The number of nitrogens with two attached hydrogens (primary N) is 2. The van der Waals surface area contributed by atoms with Gasteiger partial charge in [-0.15, -0.1) is 0 Å². The molecule has 0 saturated carbocycles. The molecule has 9 heteroatoms. The molecule has 0 radical (unpaired) electrons. The van der Waals surface area contributed by atoms with Crippen LogP contribution in [0, 0.1) is 0 Å². The van der Waals surface area contributed by atoms with Crippen molar-refractivity contribution in [1.82, 2.24) is 15.4 Å². The van der Waals surface area contributed by atoms with Gasteiger partial charge in [-0.1, -0.05) is 30.8 Å². The first kappa shape index (κ1) is 26.5. The van der Waals surface area contributed by atoms with Gasteiger partial charge in [-0.2, -0.15) is 0 Å². The molecule has 0 aliphatic heterocycles. The number of nitrogens with one attached hydrogen (secondary N) is 2. The standard InChI is InChI=1S/C26H24F2N4O.CH6N2/c1-16(29)18-4-6-19(7-5-18)17(2)32-24-23-20(12-14-30-24)13-15-31-25(23)33-22-10-8-21(9-11-22)26(3,27)28;1-3-2/h4-15,17H,1,29H2,2-3H3,(H,30,32);3H,2H2,1H3. The molecule has 0 bridgehead atoms. The van der Waals surface area contributed by atoms with Gasteiger partial charge in [-0.3, -0.25) is 11.3 Å². The van der Waals surface area contributed by atoms with Crippen molar-refractivity contribution in [1.29, 1.82) is 0 Å². The second-order valence-corrected chi connectivity index (χ2v) is 8.19. The number of halogens is 2. The summed E-state index contributed by atoms with van der Waals surface area (Å²) in [7, 11) is 1.65. The van der Waals surface area contributed by atoms with Crippen LogP contribution in [0.15, 0.2) is 79.6 Å². The lowest BCUT2D eigenvalue weighted by Gasteiger charge is -2.18. The Morgan fingerprint density at radius 1 is 1.00 bits per heavy atom. The summed E-state index contributed by atoms with van der Waals surface area (Å²) in [6, 6.07) is 17.2. The zero-order valence-electron chi connectivity index (χ0n) is 20.4. The predicted octanol–water partition coefficient (Wildman–Crippen LogP) is 5.72. The second-order valence-electron chi connectivity index (χ2n) is 8.19. The number of nitrogens with zero attached hydrogens (tertiary/aromatic N) is 2. The molecular weight excluding hydrogens is 462 g/mol. The summed E-state index contributed by atoms with van der Waals surface area (Å²) in [5, 5.41) is 5.00. The molecule has 1 unspecified atom stereocenters. The van der Waals surface area contributed by atoms with E-state index in [-0.39, 0.29) is 11.6 Å². The number of hydrogen-bond acceptors (Lipinski definition) is 7. The molecule has 2 heterocycles. The lowest BCUT2D eigenvalue weighted by Crippen LogP contribution is -2.13. The Morgan fingerprint density at radius 3 is 2.14 bits per heavy atom. The van der Waals surface area contributed by atoms with Gasteiger partial charge in [0.05, 0.1) is 5.39 Å². The summed E-state index contributed by atoms with van der Waals surface area (Å²) in [4.78, 5) is 8.87. The minimum atomic E-state index is -2.91. The van der Waals surface area contributed by atoms with E-state index in [1.54, 1.807) is 19.4 Å². The smallest absolute Gasteiger partial charge is 0.270 e. The van der Waals surface area contributed by atoms with E-state index in [0.29, 0.717) is 28.5 Å². The lowest BCUT2D eigenvalue weighted by atomic mass is 10.0. The first-order chi connectivity index (χ1) is 17.1. The Kier molecular flexibility index (Phi) is 8.52. The predicted molar refractivity (Wildman–Crippen MR) is 141 cm³/mol. The monoisotopic (exact) mass is 492 g/mol. The van der Waals surface area contributed by atoms with Gasteiger partial charge in [0.1, 0.15) is 11.6 Å². The van der Waals surface area contributed by atoms with Crippen LogP contribution >= 0.6 is 0 Å². The van der Waals surface area contributed by atoms with Crippen LogP contribution in [0.5, 0.6) is 11.6 Å². The maximum absolute atomic E-state index is 13.5. The van der Waals surface area contributed by atoms with Gasteiger partial charge < -0.3 is 15.8 Å². The quantitative estimate of drug-likeness (QED) is 0.193. The first-order valence-corrected chi connectivity index (χ1v) is 11.2. The summed E-state index contributed by atoms with van der Waals surface area (Å²) in [6.45, 7) is 6.64. The number of hydrogen-bond donors (Lipinski definition) is 4. The van der Waals surface area contributed by atoms with E-state index in [0.717, 1.165) is 23.4 Å². The molecule has 0 saturated heterocycles. The average molecular weight is 493 g/mol. The highest BCUT2D eigenvalue weighted by Crippen LogP contribution is 2.35. The minimum absolute atomic E-state index is 0.0673. The highest BCUT2D eigenvalue weighted by molar-refractivity contribution is 5.95. The number of alkyl halides is 2. The van der Waals surface area contributed by atoms with E-state index in [4.69, 9.17) is 10.5 Å². The van der Waals surface area contributed by atoms with Gasteiger partial charge in [0, 0.05) is 36.6 Å². The third kappa shape index (κ3) is 6.53. The van der Waals surface area contributed by atoms with E-state index in [2.05, 4.69) is 33.1 Å². The molecule has 0 amide bonds. The molecule has 0 spiro atoms. The third-order valence-corrected chi connectivity index (χ3v) is 5.35. The summed E-state index contributed by atoms with van der Waals surface area (Å²) in [5.74, 6) is 3.03. The zero-order chi connectivity index (χ0) is 26.3.